The van der Waals surface area contributed by atoms with E-state index in [0.717, 1.165) is 11.8 Å². The maximum Gasteiger partial charge on any atom is 0.307 e. The Balaban J connectivity index is 3.23. The minimum absolute atomic E-state index is 0.162. The Morgan fingerprint density at radius 1 is 1.29 bits per heavy atom. The lowest BCUT2D eigenvalue weighted by atomic mass is 10.1. The smallest absolute Gasteiger partial charge is 0.307 e. The van der Waals surface area contributed by atoms with Crippen LogP contribution in [0.3, 0.4) is 0 Å². The number of aliphatic carboxylic acids is 1. The van der Waals surface area contributed by atoms with E-state index in [9.17, 15) is 13.2 Å². The minimum Gasteiger partial charge on any atom is -0.481 e. The van der Waals surface area contributed by atoms with Gasteiger partial charge in [0.1, 0.15) is 0 Å². The van der Waals surface area contributed by atoms with E-state index >= 15 is 0 Å². The van der Waals surface area contributed by atoms with Crippen LogP contribution >= 0.6 is 11.8 Å². The van der Waals surface area contributed by atoms with E-state index in [1.54, 1.807) is 23.9 Å². The first kappa shape index (κ1) is 14.1. The van der Waals surface area contributed by atoms with Gasteiger partial charge in [0.25, 0.3) is 0 Å². The molecule has 0 aliphatic rings. The number of hydrogen-bond acceptors (Lipinski definition) is 4. The Hall–Kier alpha value is -1.01. The van der Waals surface area contributed by atoms with Gasteiger partial charge in [-0.05, 0) is 29.5 Å². The summed E-state index contributed by atoms with van der Waals surface area (Å²) in [5.41, 5.74) is 1.35. The van der Waals surface area contributed by atoms with E-state index < -0.39 is 15.8 Å². The number of carbonyl (C=O) groups is 1. The third-order valence-corrected chi connectivity index (χ3v) is 3.83. The van der Waals surface area contributed by atoms with Crippen LogP contribution in [0.25, 0.3) is 0 Å². The predicted octanol–water partition coefficient (Wildman–Crippen LogP) is 1.58. The van der Waals surface area contributed by atoms with Gasteiger partial charge in [-0.2, -0.15) is 11.8 Å². The molecule has 17 heavy (non-hydrogen) atoms. The summed E-state index contributed by atoms with van der Waals surface area (Å²) in [4.78, 5) is 10.8. The Morgan fingerprint density at radius 2 is 1.88 bits per heavy atom. The van der Waals surface area contributed by atoms with Gasteiger partial charge < -0.3 is 5.11 Å². The van der Waals surface area contributed by atoms with Crippen molar-refractivity contribution in [1.29, 1.82) is 0 Å². The summed E-state index contributed by atoms with van der Waals surface area (Å²) in [6, 6.07) is 4.75. The highest BCUT2D eigenvalue weighted by Gasteiger charge is 2.11. The highest BCUT2D eigenvalue weighted by molar-refractivity contribution is 7.97. The van der Waals surface area contributed by atoms with Crippen LogP contribution in [0.2, 0.25) is 0 Å². The van der Waals surface area contributed by atoms with Crippen LogP contribution < -0.4 is 0 Å². The predicted molar refractivity (Wildman–Crippen MR) is 68.1 cm³/mol. The van der Waals surface area contributed by atoms with Crippen molar-refractivity contribution in [3.63, 3.8) is 0 Å². The van der Waals surface area contributed by atoms with Gasteiger partial charge in [-0.1, -0.05) is 6.07 Å². The topological polar surface area (TPSA) is 71.4 Å². The number of rotatable bonds is 5. The molecule has 0 saturated carbocycles. The maximum absolute atomic E-state index is 11.5. The monoisotopic (exact) mass is 274 g/mol. The van der Waals surface area contributed by atoms with Gasteiger partial charge >= 0.3 is 5.97 Å². The van der Waals surface area contributed by atoms with E-state index in [4.69, 9.17) is 5.11 Å². The third kappa shape index (κ3) is 4.40. The second kappa shape index (κ2) is 5.55. The van der Waals surface area contributed by atoms with E-state index in [1.165, 1.54) is 6.07 Å². The van der Waals surface area contributed by atoms with Crippen molar-refractivity contribution < 1.29 is 18.3 Å². The van der Waals surface area contributed by atoms with Crippen molar-refractivity contribution in [2.24, 2.45) is 0 Å². The quantitative estimate of drug-likeness (QED) is 0.882. The molecule has 0 saturated heterocycles. The van der Waals surface area contributed by atoms with E-state index in [1.807, 2.05) is 6.26 Å². The lowest BCUT2D eigenvalue weighted by Crippen LogP contribution is -2.04. The molecule has 0 fully saturated rings. The van der Waals surface area contributed by atoms with Gasteiger partial charge in [0.05, 0.1) is 11.3 Å². The molecule has 0 unspecified atom stereocenters. The first-order valence-corrected chi connectivity index (χ1v) is 8.15. The van der Waals surface area contributed by atoms with E-state index in [2.05, 4.69) is 0 Å². The first-order valence-electron chi connectivity index (χ1n) is 4.86. The van der Waals surface area contributed by atoms with Gasteiger partial charge in [0.2, 0.25) is 0 Å². The van der Waals surface area contributed by atoms with Crippen molar-refractivity contribution in [2.45, 2.75) is 17.1 Å². The van der Waals surface area contributed by atoms with E-state index in [-0.39, 0.29) is 11.3 Å². The fraction of sp³-hybridized carbons (Fsp3) is 0.364. The molecule has 0 atom stereocenters. The summed E-state index contributed by atoms with van der Waals surface area (Å²) in [5.74, 6) is -0.304. The molecule has 6 heteroatoms. The average Bonchev–Trinajstić information content (AvgIpc) is 2.15. The highest BCUT2D eigenvalue weighted by Crippen LogP contribution is 2.19. The zero-order chi connectivity index (χ0) is 13.1. The van der Waals surface area contributed by atoms with Crippen molar-refractivity contribution in [2.75, 3.05) is 12.5 Å². The largest absolute Gasteiger partial charge is 0.481 e. The molecule has 1 rings (SSSR count). The van der Waals surface area contributed by atoms with Crippen LogP contribution in [0.1, 0.15) is 11.1 Å². The Bertz CT molecular complexity index is 520. The molecule has 94 valence electrons. The molecule has 0 aliphatic carbocycles. The summed E-state index contributed by atoms with van der Waals surface area (Å²) in [6.07, 6.45) is 2.87. The molecule has 0 heterocycles. The van der Waals surface area contributed by atoms with Crippen molar-refractivity contribution in [3.05, 3.63) is 29.3 Å². The SMILES string of the molecule is CSCc1cc(CC(=O)O)cc(S(C)(=O)=O)c1. The number of hydrogen-bond donors (Lipinski definition) is 1. The summed E-state index contributed by atoms with van der Waals surface area (Å²) in [7, 11) is -3.30. The average molecular weight is 274 g/mol. The molecule has 0 amide bonds. The highest BCUT2D eigenvalue weighted by atomic mass is 32.2. The molecular weight excluding hydrogens is 260 g/mol. The lowest BCUT2D eigenvalue weighted by Gasteiger charge is -2.06. The molecule has 0 aromatic heterocycles. The fourth-order valence-electron chi connectivity index (χ4n) is 1.47. The molecule has 0 radical (unpaired) electrons. The first-order chi connectivity index (χ1) is 7.82. The molecule has 0 bridgehead atoms. The van der Waals surface area contributed by atoms with Crippen LogP contribution in [-0.2, 0) is 26.8 Å². The van der Waals surface area contributed by atoms with Gasteiger partial charge in [-0.3, -0.25) is 4.79 Å². The summed E-state index contributed by atoms with van der Waals surface area (Å²) in [6.45, 7) is 0. The van der Waals surface area contributed by atoms with Gasteiger partial charge in [-0.15, -0.1) is 0 Å². The third-order valence-electron chi connectivity index (χ3n) is 2.12. The minimum atomic E-state index is -3.30. The van der Waals surface area contributed by atoms with Crippen LogP contribution in [0, 0.1) is 0 Å². The van der Waals surface area contributed by atoms with Crippen molar-refractivity contribution >= 4 is 27.6 Å². The second-order valence-corrected chi connectivity index (χ2v) is 6.64. The molecule has 1 aromatic carbocycles. The molecule has 0 spiro atoms. The van der Waals surface area contributed by atoms with Gasteiger partial charge in [0.15, 0.2) is 9.84 Å². The summed E-state index contributed by atoms with van der Waals surface area (Å²) in [5, 5.41) is 8.73. The molecule has 1 aromatic rings. The molecular formula is C11H14O4S2. The Kier molecular flexibility index (Phi) is 4.59. The maximum atomic E-state index is 11.5. The number of carboxylic acids is 1. The Morgan fingerprint density at radius 3 is 2.35 bits per heavy atom. The van der Waals surface area contributed by atoms with Gasteiger partial charge in [0, 0.05) is 12.0 Å². The molecule has 0 aliphatic heterocycles. The van der Waals surface area contributed by atoms with E-state index in [0.29, 0.717) is 11.3 Å². The normalized spacial score (nSPS) is 11.4. The van der Waals surface area contributed by atoms with Crippen LogP contribution in [0.4, 0.5) is 0 Å². The number of thioether (sulfide) groups is 1. The van der Waals surface area contributed by atoms with Gasteiger partial charge in [-0.25, -0.2) is 8.42 Å². The standard InChI is InChI=1S/C11H14O4S2/c1-16-7-9-3-8(6-11(12)13)4-10(5-9)17(2,14)15/h3-5H,6-7H2,1-2H3,(H,12,13). The summed E-state index contributed by atoms with van der Waals surface area (Å²) < 4.78 is 22.9. The number of carboxylic acid groups (broad SMARTS) is 1. The lowest BCUT2D eigenvalue weighted by molar-refractivity contribution is -0.136. The second-order valence-electron chi connectivity index (χ2n) is 3.76. The number of benzene rings is 1. The summed E-state index contributed by atoms with van der Waals surface area (Å²) >= 11 is 1.56. The number of sulfone groups is 1. The van der Waals surface area contributed by atoms with Crippen molar-refractivity contribution in [3.8, 4) is 0 Å². The fourth-order valence-corrected chi connectivity index (χ4v) is 2.70. The zero-order valence-corrected chi connectivity index (χ0v) is 11.3. The Labute approximate surface area is 105 Å². The van der Waals surface area contributed by atoms with Crippen LogP contribution in [0.15, 0.2) is 23.1 Å². The van der Waals surface area contributed by atoms with Crippen LogP contribution in [0.5, 0.6) is 0 Å². The molecule has 4 nitrogen and oxygen atoms in total. The zero-order valence-electron chi connectivity index (χ0n) is 9.63. The van der Waals surface area contributed by atoms with Crippen molar-refractivity contribution in [1.82, 2.24) is 0 Å². The molecule has 1 N–H and O–H groups in total. The van der Waals surface area contributed by atoms with Crippen LogP contribution in [-0.4, -0.2) is 32.0 Å².